The molecule has 0 unspecified atom stereocenters. The van der Waals surface area contributed by atoms with Crippen LogP contribution in [0.5, 0.6) is 0 Å². The molecule has 12 heavy (non-hydrogen) atoms. The second-order valence-electron chi connectivity index (χ2n) is 2.88. The summed E-state index contributed by atoms with van der Waals surface area (Å²) in [5, 5.41) is 5.30. The number of hydrogen-bond acceptors (Lipinski definition) is 2. The third-order valence-electron chi connectivity index (χ3n) is 1.70. The predicted molar refractivity (Wildman–Crippen MR) is 49.8 cm³/mol. The molecule has 0 bridgehead atoms. The van der Waals surface area contributed by atoms with Gasteiger partial charge >= 0.3 is 0 Å². The number of rotatable bonds is 2. The highest BCUT2D eigenvalue weighted by Gasteiger charge is 2.24. The van der Waals surface area contributed by atoms with Crippen LogP contribution in [0.2, 0.25) is 5.02 Å². The topological polar surface area (TPSA) is 29.1 Å². The average molecular weight is 202 g/mol. The van der Waals surface area contributed by atoms with Crippen molar-refractivity contribution < 1.29 is 4.79 Å². The molecule has 1 N–H and O–H groups in total. The Bertz CT molecular complexity index is 306. The zero-order valence-corrected chi connectivity index (χ0v) is 7.91. The fourth-order valence-corrected chi connectivity index (χ4v) is 1.89. The van der Waals surface area contributed by atoms with Crippen LogP contribution in [0.15, 0.2) is 11.4 Å². The lowest BCUT2D eigenvalue weighted by Crippen LogP contribution is -2.24. The molecule has 1 aliphatic carbocycles. The third kappa shape index (κ3) is 1.79. The maximum Gasteiger partial charge on any atom is 0.261 e. The Labute approximate surface area is 79.5 Å². The van der Waals surface area contributed by atoms with E-state index < -0.39 is 0 Å². The number of carbonyl (C=O) groups excluding carboxylic acids is 1. The van der Waals surface area contributed by atoms with Crippen LogP contribution in [0.1, 0.15) is 22.5 Å². The number of nitrogens with one attached hydrogen (secondary N) is 1. The summed E-state index contributed by atoms with van der Waals surface area (Å²) in [6.07, 6.45) is 2.23. The van der Waals surface area contributed by atoms with Crippen LogP contribution in [0, 0.1) is 0 Å². The largest absolute Gasteiger partial charge is 0.349 e. The van der Waals surface area contributed by atoms with Gasteiger partial charge in [0.2, 0.25) is 0 Å². The second kappa shape index (κ2) is 3.07. The molecular formula is C8H8ClNOS. The van der Waals surface area contributed by atoms with Gasteiger partial charge in [0.25, 0.3) is 5.91 Å². The first-order chi connectivity index (χ1) is 5.75. The van der Waals surface area contributed by atoms with Gasteiger partial charge in [-0.05, 0) is 18.9 Å². The van der Waals surface area contributed by atoms with E-state index >= 15 is 0 Å². The molecular weight excluding hydrogens is 194 g/mol. The van der Waals surface area contributed by atoms with E-state index in [9.17, 15) is 4.79 Å². The molecule has 64 valence electrons. The quantitative estimate of drug-likeness (QED) is 0.782. The summed E-state index contributed by atoms with van der Waals surface area (Å²) in [4.78, 5) is 12.0. The molecule has 2 nitrogen and oxygen atoms in total. The van der Waals surface area contributed by atoms with Crippen molar-refractivity contribution in [1.82, 2.24) is 5.32 Å². The van der Waals surface area contributed by atoms with E-state index in [1.54, 1.807) is 11.4 Å². The number of halogens is 1. The van der Waals surface area contributed by atoms with Gasteiger partial charge in [0.1, 0.15) is 0 Å². The summed E-state index contributed by atoms with van der Waals surface area (Å²) < 4.78 is 0. The van der Waals surface area contributed by atoms with Gasteiger partial charge in [-0.15, -0.1) is 11.3 Å². The van der Waals surface area contributed by atoms with Gasteiger partial charge in [0.05, 0.1) is 9.90 Å². The van der Waals surface area contributed by atoms with Crippen molar-refractivity contribution in [2.24, 2.45) is 0 Å². The lowest BCUT2D eigenvalue weighted by atomic mass is 10.4. The molecule has 1 aromatic rings. The Morgan fingerprint density at radius 2 is 2.42 bits per heavy atom. The Hall–Kier alpha value is -0.540. The molecule has 0 aliphatic heterocycles. The monoisotopic (exact) mass is 201 g/mol. The maximum atomic E-state index is 11.3. The zero-order chi connectivity index (χ0) is 8.55. The SMILES string of the molecule is O=C(NC1CC1)c1cc(Cl)cs1. The molecule has 2 rings (SSSR count). The van der Waals surface area contributed by atoms with Crippen molar-refractivity contribution in [3.8, 4) is 0 Å². The van der Waals surface area contributed by atoms with Crippen LogP contribution in [-0.2, 0) is 0 Å². The molecule has 1 saturated carbocycles. The molecule has 0 spiro atoms. The molecule has 1 aliphatic rings. The van der Waals surface area contributed by atoms with E-state index in [-0.39, 0.29) is 5.91 Å². The minimum atomic E-state index is 0.00870. The van der Waals surface area contributed by atoms with Gasteiger partial charge in [0, 0.05) is 11.4 Å². The Balaban J connectivity index is 2.03. The summed E-state index contributed by atoms with van der Waals surface area (Å²) in [5.74, 6) is 0.00870. The standard InChI is InChI=1S/C8H8ClNOS/c9-5-3-7(12-4-5)8(11)10-6-1-2-6/h3-4,6H,1-2H2,(H,10,11). The number of carbonyl (C=O) groups is 1. The van der Waals surface area contributed by atoms with E-state index in [0.29, 0.717) is 15.9 Å². The van der Waals surface area contributed by atoms with Crippen LogP contribution >= 0.6 is 22.9 Å². The Morgan fingerprint density at radius 3 is 2.92 bits per heavy atom. The first kappa shape index (κ1) is 8.08. The summed E-state index contributed by atoms with van der Waals surface area (Å²) >= 11 is 7.07. The van der Waals surface area contributed by atoms with Gasteiger partial charge in [-0.25, -0.2) is 0 Å². The van der Waals surface area contributed by atoms with E-state index in [1.165, 1.54) is 11.3 Å². The first-order valence-corrected chi connectivity index (χ1v) is 5.06. The first-order valence-electron chi connectivity index (χ1n) is 3.80. The Kier molecular flexibility index (Phi) is 2.07. The third-order valence-corrected chi connectivity index (χ3v) is 2.98. The van der Waals surface area contributed by atoms with Crippen LogP contribution in [-0.4, -0.2) is 11.9 Å². The van der Waals surface area contributed by atoms with Crippen LogP contribution in [0.25, 0.3) is 0 Å². The maximum absolute atomic E-state index is 11.3. The van der Waals surface area contributed by atoms with Crippen molar-refractivity contribution in [2.45, 2.75) is 18.9 Å². The van der Waals surface area contributed by atoms with Crippen molar-refractivity contribution in [3.05, 3.63) is 21.3 Å². The summed E-state index contributed by atoms with van der Waals surface area (Å²) in [7, 11) is 0. The molecule has 0 atom stereocenters. The van der Waals surface area contributed by atoms with Crippen LogP contribution in [0.4, 0.5) is 0 Å². The highest BCUT2D eigenvalue weighted by molar-refractivity contribution is 7.12. The Morgan fingerprint density at radius 1 is 1.67 bits per heavy atom. The fraction of sp³-hybridized carbons (Fsp3) is 0.375. The predicted octanol–water partition coefficient (Wildman–Crippen LogP) is 2.29. The highest BCUT2D eigenvalue weighted by Crippen LogP contribution is 2.22. The molecule has 1 amide bonds. The second-order valence-corrected chi connectivity index (χ2v) is 4.22. The molecule has 1 aromatic heterocycles. The van der Waals surface area contributed by atoms with Crippen LogP contribution < -0.4 is 5.32 Å². The summed E-state index contributed by atoms with van der Waals surface area (Å²) in [5.41, 5.74) is 0. The molecule has 0 radical (unpaired) electrons. The molecule has 1 fully saturated rings. The molecule has 0 aromatic carbocycles. The minimum Gasteiger partial charge on any atom is -0.349 e. The average Bonchev–Trinajstić information content (AvgIpc) is 2.72. The van der Waals surface area contributed by atoms with Crippen molar-refractivity contribution in [1.29, 1.82) is 0 Å². The van der Waals surface area contributed by atoms with Gasteiger partial charge < -0.3 is 5.32 Å². The van der Waals surface area contributed by atoms with Gasteiger partial charge in [-0.3, -0.25) is 4.79 Å². The summed E-state index contributed by atoms with van der Waals surface area (Å²) in [6, 6.07) is 2.11. The zero-order valence-electron chi connectivity index (χ0n) is 6.34. The van der Waals surface area contributed by atoms with Crippen molar-refractivity contribution in [3.63, 3.8) is 0 Å². The minimum absolute atomic E-state index is 0.00870. The van der Waals surface area contributed by atoms with Crippen molar-refractivity contribution >= 4 is 28.8 Å². The lowest BCUT2D eigenvalue weighted by Gasteiger charge is -1.97. The van der Waals surface area contributed by atoms with Gasteiger partial charge in [-0.1, -0.05) is 11.6 Å². The normalized spacial score (nSPS) is 16.1. The van der Waals surface area contributed by atoms with Crippen LogP contribution in [0.3, 0.4) is 0 Å². The highest BCUT2D eigenvalue weighted by atomic mass is 35.5. The van der Waals surface area contributed by atoms with Crippen molar-refractivity contribution in [2.75, 3.05) is 0 Å². The molecule has 4 heteroatoms. The van der Waals surface area contributed by atoms with Gasteiger partial charge in [-0.2, -0.15) is 0 Å². The molecule has 1 heterocycles. The summed E-state index contributed by atoms with van der Waals surface area (Å²) in [6.45, 7) is 0. The van der Waals surface area contributed by atoms with E-state index in [4.69, 9.17) is 11.6 Å². The van der Waals surface area contributed by atoms with E-state index in [0.717, 1.165) is 12.8 Å². The smallest absolute Gasteiger partial charge is 0.261 e. The fourth-order valence-electron chi connectivity index (χ4n) is 0.916. The molecule has 0 saturated heterocycles. The number of amides is 1. The van der Waals surface area contributed by atoms with E-state index in [1.807, 2.05) is 0 Å². The van der Waals surface area contributed by atoms with Gasteiger partial charge in [0.15, 0.2) is 0 Å². The van der Waals surface area contributed by atoms with E-state index in [2.05, 4.69) is 5.32 Å². The number of hydrogen-bond donors (Lipinski definition) is 1. The number of thiophene rings is 1. The lowest BCUT2D eigenvalue weighted by molar-refractivity contribution is 0.0955.